The number of para-hydroxylation sites is 1. The molecule has 0 aliphatic heterocycles. The molecule has 0 radical (unpaired) electrons. The van der Waals surface area contributed by atoms with E-state index in [1.807, 2.05) is 30.5 Å². The van der Waals surface area contributed by atoms with Crippen molar-refractivity contribution in [2.24, 2.45) is 5.92 Å². The second-order valence-electron chi connectivity index (χ2n) is 24.0. The summed E-state index contributed by atoms with van der Waals surface area (Å²) in [6, 6.07) is 59.3. The number of aromatic hydroxyl groups is 1. The van der Waals surface area contributed by atoms with Crippen molar-refractivity contribution in [3.8, 4) is 67.5 Å². The number of rotatable bonds is 10. The van der Waals surface area contributed by atoms with Gasteiger partial charge in [-0.15, -0.1) is 29.3 Å². The largest absolute Gasteiger partial charge is 0.507 e. The number of hydrogen-bond donors (Lipinski definition) is 1. The second-order valence-corrected chi connectivity index (χ2v) is 24.0. The number of nitrogens with zero attached hydrogens (tertiary/aromatic N) is 3. The van der Waals surface area contributed by atoms with Gasteiger partial charge in [0, 0.05) is 52.2 Å². The fourth-order valence-electron chi connectivity index (χ4n) is 10.7. The third kappa shape index (κ3) is 10.5. The molecule has 1 aliphatic carbocycles. The molecule has 4 nitrogen and oxygen atoms in total. The van der Waals surface area contributed by atoms with Crippen molar-refractivity contribution in [2.75, 3.05) is 0 Å². The van der Waals surface area contributed by atoms with Gasteiger partial charge in [-0.3, -0.25) is 9.55 Å². The smallest absolute Gasteiger partial charge is 0.148 e. The molecule has 0 unspecified atom stereocenters. The van der Waals surface area contributed by atoms with Crippen LogP contribution in [0.15, 0.2) is 164 Å². The number of benzene rings is 7. The molecule has 10 rings (SSSR count). The molecule has 74 heavy (non-hydrogen) atoms. The molecule has 5 heteroatoms. The van der Waals surface area contributed by atoms with Crippen LogP contribution in [0.25, 0.3) is 72.7 Å². The molecule has 380 valence electrons. The van der Waals surface area contributed by atoms with Crippen LogP contribution in [-0.2, 0) is 49.1 Å². The molecule has 1 saturated carbocycles. The molecule has 0 bridgehead atoms. The van der Waals surface area contributed by atoms with E-state index in [0.717, 1.165) is 104 Å². The van der Waals surface area contributed by atoms with Crippen molar-refractivity contribution in [3.63, 3.8) is 0 Å². The Hall–Kier alpha value is -6.35. The molecule has 0 atom stereocenters. The molecule has 1 fully saturated rings. The molecular weight excluding hydrogens is 1080 g/mol. The normalized spacial score (nSPS) is 14.2. The maximum Gasteiger partial charge on any atom is 0.148 e. The van der Waals surface area contributed by atoms with Gasteiger partial charge in [-0.05, 0) is 97.8 Å². The summed E-state index contributed by atoms with van der Waals surface area (Å²) in [5.74, 6) is 0.764. The summed E-state index contributed by atoms with van der Waals surface area (Å²) in [6.45, 7) is 24.4. The zero-order valence-corrected chi connectivity index (χ0v) is 47.4. The van der Waals surface area contributed by atoms with Gasteiger partial charge in [-0.25, -0.2) is 4.98 Å². The number of phenolic OH excluding ortho intramolecular Hbond substituents is 1. The van der Waals surface area contributed by atoms with Crippen molar-refractivity contribution in [2.45, 2.75) is 130 Å². The first kappa shape index (κ1) is 49.8. The van der Waals surface area contributed by atoms with E-state index in [1.165, 1.54) is 11.1 Å². The monoisotopic (exact) mass is 1160 g/mol. The van der Waals surface area contributed by atoms with Crippen LogP contribution >= 0.6 is 0 Å². The first-order valence-corrected chi connectivity index (χ1v) is 26.3. The van der Waals surface area contributed by atoms with Gasteiger partial charge in [0.2, 0.25) is 0 Å². The maximum atomic E-state index is 12.7. The third-order valence-electron chi connectivity index (χ3n) is 15.2. The fourth-order valence-corrected chi connectivity index (χ4v) is 10.7. The molecule has 1 N–H and O–H groups in total. The Kier molecular flexibility index (Phi) is 13.7. The average molecular weight is 1160 g/mol. The summed E-state index contributed by atoms with van der Waals surface area (Å²) in [4.78, 5) is 10.7. The first-order valence-electron chi connectivity index (χ1n) is 27.3. The molecular formula is C69H72N3OPt-. The van der Waals surface area contributed by atoms with E-state index < -0.39 is 6.37 Å². The van der Waals surface area contributed by atoms with Gasteiger partial charge in [-0.2, -0.15) is 0 Å². The van der Waals surface area contributed by atoms with Crippen molar-refractivity contribution in [1.82, 2.24) is 14.5 Å². The zero-order valence-electron chi connectivity index (χ0n) is 47.1. The third-order valence-corrected chi connectivity index (χ3v) is 15.2. The van der Waals surface area contributed by atoms with E-state index in [4.69, 9.17) is 9.97 Å². The van der Waals surface area contributed by atoms with E-state index in [1.54, 1.807) is 0 Å². The van der Waals surface area contributed by atoms with Crippen molar-refractivity contribution < 1.29 is 28.9 Å². The summed E-state index contributed by atoms with van der Waals surface area (Å²) < 4.78 is 21.3. The summed E-state index contributed by atoms with van der Waals surface area (Å²) in [6.07, 6.45) is 4.27. The zero-order chi connectivity index (χ0) is 53.2. The number of phenols is 1. The van der Waals surface area contributed by atoms with Crippen LogP contribution in [0.1, 0.15) is 138 Å². The van der Waals surface area contributed by atoms with Crippen LogP contribution in [0, 0.1) is 12.0 Å². The van der Waals surface area contributed by atoms with Crippen LogP contribution in [-0.4, -0.2) is 19.6 Å². The Morgan fingerprint density at radius 1 is 0.568 bits per heavy atom. The van der Waals surface area contributed by atoms with Crippen molar-refractivity contribution >= 4 is 11.0 Å². The number of imidazole rings is 1. The summed E-state index contributed by atoms with van der Waals surface area (Å²) in [5.41, 5.74) is 16.0. The van der Waals surface area contributed by atoms with Gasteiger partial charge >= 0.3 is 0 Å². The molecule has 2 heterocycles. The minimum Gasteiger partial charge on any atom is -0.507 e. The first-order chi connectivity index (χ1) is 35.5. The van der Waals surface area contributed by atoms with Gasteiger partial charge in [0.25, 0.3) is 0 Å². The molecule has 9 aromatic rings. The van der Waals surface area contributed by atoms with Gasteiger partial charge < -0.3 is 5.11 Å². The summed E-state index contributed by atoms with van der Waals surface area (Å²) in [7, 11) is 0. The van der Waals surface area contributed by atoms with Gasteiger partial charge in [-0.1, -0.05) is 228 Å². The molecule has 1 aliphatic rings. The van der Waals surface area contributed by atoms with Crippen LogP contribution in [0.3, 0.4) is 0 Å². The average Bonchev–Trinajstić information content (AvgIpc) is 4.09. The van der Waals surface area contributed by atoms with Crippen LogP contribution in [0.4, 0.5) is 0 Å². The molecule has 0 spiro atoms. The predicted molar refractivity (Wildman–Crippen MR) is 307 cm³/mol. The molecule has 0 amide bonds. The fraction of sp³-hybridized carbons (Fsp3) is 0.304. The van der Waals surface area contributed by atoms with Gasteiger partial charge in [0.15, 0.2) is 0 Å². The SMILES string of the molecule is [2H]C([2H])(c1ccc(-n2c(-c3cc(C(C)(C)C)cc(C(C)(C)C)c3O)nc3c(-c4[c-]c(-c5cc(-c6cccc(C(C)(C)c7ccccc7)c6)ccn5)cc(C(C)(C)C)c4)cccc32)c(-c2ccccc2)c1)C1CCCC1.[Pt]. The Labute approximate surface area is 458 Å². The van der Waals surface area contributed by atoms with Crippen molar-refractivity contribution in [1.29, 1.82) is 0 Å². The van der Waals surface area contributed by atoms with E-state index in [9.17, 15) is 7.85 Å². The van der Waals surface area contributed by atoms with E-state index in [-0.39, 0.29) is 54.4 Å². The molecule has 0 saturated heterocycles. The van der Waals surface area contributed by atoms with Crippen LogP contribution < -0.4 is 0 Å². The molecule has 7 aromatic carbocycles. The van der Waals surface area contributed by atoms with Gasteiger partial charge in [0.1, 0.15) is 11.6 Å². The maximum absolute atomic E-state index is 12.7. The standard InChI is InChI=1S/C69H72N3O.Pt/c1-66(2,3)54-40-50(38-51(41-54)60-42-49(34-35-70-60)48-26-20-29-53(39-48)69(10,11)52-27-16-13-17-28-52)56-30-21-31-62-63(56)71-65(58-43-55(67(4,5)6)44-59(64(58)73)68(7,8)9)72(62)61-33-32-46(36-45-22-18-19-23-45)37-57(61)47-24-14-12-15-25-47;/h12-17,20-21,24-35,37,39-45,73H,18-19,22-23,36H2,1-11H3;/q-1;/i36D2;. The summed E-state index contributed by atoms with van der Waals surface area (Å²) >= 11 is 0. The quantitative estimate of drug-likeness (QED) is 0.139. The number of aromatic nitrogens is 3. The second kappa shape index (κ2) is 20.4. The Morgan fingerprint density at radius 3 is 1.88 bits per heavy atom. The molecule has 2 aromatic heterocycles. The van der Waals surface area contributed by atoms with E-state index >= 15 is 0 Å². The van der Waals surface area contributed by atoms with E-state index in [0.29, 0.717) is 17.0 Å². The number of fused-ring (bicyclic) bond motifs is 1. The number of hydrogen-bond acceptors (Lipinski definition) is 3. The van der Waals surface area contributed by atoms with E-state index in [2.05, 4.69) is 220 Å². The Balaban J connectivity index is 0.00000706. The Bertz CT molecular complexity index is 3570. The predicted octanol–water partition coefficient (Wildman–Crippen LogP) is 18.2. The minimum absolute atomic E-state index is 0. The summed E-state index contributed by atoms with van der Waals surface area (Å²) in [5, 5.41) is 12.7. The Morgan fingerprint density at radius 2 is 1.19 bits per heavy atom. The van der Waals surface area contributed by atoms with Crippen LogP contribution in [0.2, 0.25) is 0 Å². The topological polar surface area (TPSA) is 50.9 Å². The van der Waals surface area contributed by atoms with Gasteiger partial charge in [0.05, 0.1) is 22.3 Å². The number of pyridine rings is 1. The van der Waals surface area contributed by atoms with Crippen molar-refractivity contribution in [3.05, 3.63) is 203 Å². The minimum atomic E-state index is -1.50. The van der Waals surface area contributed by atoms with Crippen LogP contribution in [0.5, 0.6) is 5.75 Å².